The van der Waals surface area contributed by atoms with Crippen LogP contribution in [0.5, 0.6) is 0 Å². The number of thiocarbonyl (C=S) groups is 1. The van der Waals surface area contributed by atoms with Crippen molar-refractivity contribution in [2.45, 2.75) is 58.9 Å². The topological polar surface area (TPSA) is 107 Å². The molecular formula is C30H34N4O4S2. The van der Waals surface area contributed by atoms with Crippen molar-refractivity contribution in [2.24, 2.45) is 5.92 Å². The van der Waals surface area contributed by atoms with Gasteiger partial charge in [-0.05, 0) is 62.1 Å². The number of rotatable bonds is 10. The number of carboxylic acid groups (broad SMARTS) is 1. The molecule has 2 aromatic rings. The van der Waals surface area contributed by atoms with Crippen LogP contribution in [0.25, 0.3) is 6.08 Å². The molecule has 0 aliphatic carbocycles. The number of carboxylic acids is 1. The van der Waals surface area contributed by atoms with Gasteiger partial charge in [0.15, 0.2) is 0 Å². The number of nitrogens with zero attached hydrogens (tertiary/aromatic N) is 4. The van der Waals surface area contributed by atoms with Crippen molar-refractivity contribution in [1.82, 2.24) is 9.47 Å². The van der Waals surface area contributed by atoms with Gasteiger partial charge < -0.3 is 10.0 Å². The molecule has 1 N–H and O–H groups in total. The number of carbonyl (C=O) groups excluding carboxylic acids is 1. The van der Waals surface area contributed by atoms with Crippen LogP contribution >= 0.6 is 24.0 Å². The van der Waals surface area contributed by atoms with Crippen LogP contribution in [0.1, 0.15) is 61.3 Å². The minimum atomic E-state index is -0.920. The second-order valence-corrected chi connectivity index (χ2v) is 11.9. The van der Waals surface area contributed by atoms with Crippen LogP contribution in [0.2, 0.25) is 0 Å². The largest absolute Gasteiger partial charge is 0.481 e. The molecule has 0 bridgehead atoms. The van der Waals surface area contributed by atoms with Gasteiger partial charge in [-0.3, -0.25) is 23.9 Å². The molecule has 1 aromatic carbocycles. The summed E-state index contributed by atoms with van der Waals surface area (Å²) >= 11 is 6.62. The molecule has 1 aromatic heterocycles. The van der Waals surface area contributed by atoms with Crippen molar-refractivity contribution in [3.8, 4) is 6.07 Å². The van der Waals surface area contributed by atoms with E-state index in [0.717, 1.165) is 44.6 Å². The van der Waals surface area contributed by atoms with Crippen LogP contribution in [-0.4, -0.2) is 50.4 Å². The smallest absolute Gasteiger partial charge is 0.303 e. The van der Waals surface area contributed by atoms with Crippen molar-refractivity contribution in [2.75, 3.05) is 24.5 Å². The predicted molar refractivity (Wildman–Crippen MR) is 162 cm³/mol. The number of pyridine rings is 1. The lowest BCUT2D eigenvalue weighted by Crippen LogP contribution is -2.40. The van der Waals surface area contributed by atoms with Crippen molar-refractivity contribution in [3.63, 3.8) is 0 Å². The number of nitriles is 1. The first-order chi connectivity index (χ1) is 19.2. The Morgan fingerprint density at radius 1 is 1.20 bits per heavy atom. The second-order valence-electron chi connectivity index (χ2n) is 10.3. The maximum absolute atomic E-state index is 13.5. The molecule has 2 aliphatic heterocycles. The van der Waals surface area contributed by atoms with Crippen molar-refractivity contribution >= 4 is 52.1 Å². The molecule has 4 rings (SSSR count). The molecular weight excluding hydrogens is 544 g/mol. The van der Waals surface area contributed by atoms with Gasteiger partial charge in [0, 0.05) is 38.2 Å². The van der Waals surface area contributed by atoms with E-state index in [1.165, 1.54) is 22.2 Å². The summed E-state index contributed by atoms with van der Waals surface area (Å²) in [7, 11) is 0. The summed E-state index contributed by atoms with van der Waals surface area (Å²) < 4.78 is 2.08. The first-order valence-corrected chi connectivity index (χ1v) is 14.9. The second kappa shape index (κ2) is 13.3. The quantitative estimate of drug-likeness (QED) is 0.311. The lowest BCUT2D eigenvalue weighted by Gasteiger charge is -2.36. The molecule has 1 amide bonds. The molecule has 40 heavy (non-hydrogen) atoms. The van der Waals surface area contributed by atoms with E-state index in [0.29, 0.717) is 39.2 Å². The minimum absolute atomic E-state index is 0.0485. The van der Waals surface area contributed by atoms with Crippen LogP contribution in [0.3, 0.4) is 0 Å². The van der Waals surface area contributed by atoms with Gasteiger partial charge >= 0.3 is 5.97 Å². The van der Waals surface area contributed by atoms with E-state index in [-0.39, 0.29) is 30.0 Å². The standard InChI is InChI=1S/C30H34N4O4S2/c1-3-13-33-27(32-15-11-22(12-16-32)17-21-8-5-4-6-9-21)23(20(2)24(19-31)28(33)37)18-25-29(38)34(30(39)40-25)14-7-10-26(35)36/h4-6,8-9,18,22H,3,7,10-17H2,1-2H3,(H,35,36)/b25-18-. The zero-order valence-corrected chi connectivity index (χ0v) is 24.5. The Balaban J connectivity index is 1.69. The predicted octanol–water partition coefficient (Wildman–Crippen LogP) is 4.96. The number of hydrogen-bond acceptors (Lipinski definition) is 7. The SMILES string of the molecule is CCCn1c(N2CCC(Cc3ccccc3)CC2)c(/C=C2\SC(=S)N(CCCC(=O)O)C2=O)c(C)c(C#N)c1=O. The Kier molecular flexibility index (Phi) is 9.82. The number of aliphatic carboxylic acids is 1. The zero-order valence-electron chi connectivity index (χ0n) is 22.9. The average molecular weight is 579 g/mol. The number of benzene rings is 1. The van der Waals surface area contributed by atoms with E-state index >= 15 is 0 Å². The summed E-state index contributed by atoms with van der Waals surface area (Å²) in [4.78, 5) is 41.8. The van der Waals surface area contributed by atoms with Gasteiger partial charge in [0.1, 0.15) is 21.8 Å². The van der Waals surface area contributed by atoms with Gasteiger partial charge in [-0.1, -0.05) is 61.2 Å². The molecule has 10 heteroatoms. The summed E-state index contributed by atoms with van der Waals surface area (Å²) in [6.45, 7) is 5.99. The van der Waals surface area contributed by atoms with E-state index in [9.17, 15) is 19.6 Å². The summed E-state index contributed by atoms with van der Waals surface area (Å²) in [6.07, 6.45) is 5.70. The lowest BCUT2D eigenvalue weighted by molar-refractivity contribution is -0.137. The highest BCUT2D eigenvalue weighted by Gasteiger charge is 2.33. The molecule has 2 fully saturated rings. The molecule has 0 unspecified atom stereocenters. The van der Waals surface area contributed by atoms with Crippen molar-refractivity contribution < 1.29 is 14.7 Å². The monoisotopic (exact) mass is 578 g/mol. The van der Waals surface area contributed by atoms with Crippen LogP contribution in [0.4, 0.5) is 5.82 Å². The van der Waals surface area contributed by atoms with Gasteiger partial charge in [-0.2, -0.15) is 5.26 Å². The number of carbonyl (C=O) groups is 2. The molecule has 0 atom stereocenters. The van der Waals surface area contributed by atoms with Crippen LogP contribution < -0.4 is 10.5 Å². The van der Waals surface area contributed by atoms with Gasteiger partial charge in [0.25, 0.3) is 11.5 Å². The van der Waals surface area contributed by atoms with E-state index in [4.69, 9.17) is 17.3 Å². The molecule has 8 nitrogen and oxygen atoms in total. The number of hydrogen-bond donors (Lipinski definition) is 1. The number of thioether (sulfide) groups is 1. The Morgan fingerprint density at radius 2 is 1.90 bits per heavy atom. The summed E-state index contributed by atoms with van der Waals surface area (Å²) in [5.41, 5.74) is 2.35. The number of anilines is 1. The third kappa shape index (κ3) is 6.48. The van der Waals surface area contributed by atoms with E-state index in [1.807, 2.05) is 13.0 Å². The minimum Gasteiger partial charge on any atom is -0.481 e. The Hall–Kier alpha value is -3.42. The third-order valence-corrected chi connectivity index (χ3v) is 8.87. The van der Waals surface area contributed by atoms with Gasteiger partial charge in [0.2, 0.25) is 0 Å². The van der Waals surface area contributed by atoms with Gasteiger partial charge in [-0.15, -0.1) is 0 Å². The van der Waals surface area contributed by atoms with E-state index < -0.39 is 5.97 Å². The third-order valence-electron chi connectivity index (χ3n) is 7.50. The molecule has 210 valence electrons. The maximum atomic E-state index is 13.5. The highest BCUT2D eigenvalue weighted by Crippen LogP contribution is 2.37. The normalized spacial score (nSPS) is 17.1. The molecule has 2 aliphatic rings. The Bertz CT molecular complexity index is 1420. The highest BCUT2D eigenvalue weighted by molar-refractivity contribution is 8.26. The maximum Gasteiger partial charge on any atom is 0.303 e. The summed E-state index contributed by atoms with van der Waals surface area (Å²) in [6, 6.07) is 12.6. The van der Waals surface area contributed by atoms with Crippen LogP contribution in [0.15, 0.2) is 40.0 Å². The fourth-order valence-electron chi connectivity index (χ4n) is 5.42. The first-order valence-electron chi connectivity index (χ1n) is 13.7. The summed E-state index contributed by atoms with van der Waals surface area (Å²) in [5.74, 6) is 0.0858. The molecule has 0 spiro atoms. The van der Waals surface area contributed by atoms with Crippen molar-refractivity contribution in [3.05, 3.63) is 67.8 Å². The Morgan fingerprint density at radius 3 is 2.52 bits per heavy atom. The van der Waals surface area contributed by atoms with Crippen LogP contribution in [-0.2, 0) is 22.6 Å². The fourth-order valence-corrected chi connectivity index (χ4v) is 6.71. The van der Waals surface area contributed by atoms with Gasteiger partial charge in [0.05, 0.1) is 4.91 Å². The van der Waals surface area contributed by atoms with E-state index in [1.54, 1.807) is 17.6 Å². The summed E-state index contributed by atoms with van der Waals surface area (Å²) in [5, 5.41) is 18.9. The Labute approximate surface area is 244 Å². The van der Waals surface area contributed by atoms with Crippen molar-refractivity contribution in [1.29, 1.82) is 5.26 Å². The van der Waals surface area contributed by atoms with E-state index in [2.05, 4.69) is 35.2 Å². The number of piperidine rings is 1. The molecule has 0 saturated carbocycles. The first kappa shape index (κ1) is 29.6. The number of aromatic nitrogens is 1. The van der Waals surface area contributed by atoms with Crippen LogP contribution in [0, 0.1) is 24.2 Å². The molecule has 2 saturated heterocycles. The zero-order chi connectivity index (χ0) is 28.8. The molecule has 0 radical (unpaired) electrons. The lowest BCUT2D eigenvalue weighted by atomic mass is 9.90. The fraction of sp³-hybridized carbons (Fsp3) is 0.433. The average Bonchev–Trinajstić information content (AvgIpc) is 3.20. The molecule has 3 heterocycles. The highest BCUT2D eigenvalue weighted by atomic mass is 32.2. The number of amides is 1. The van der Waals surface area contributed by atoms with Gasteiger partial charge in [-0.25, -0.2) is 0 Å².